The lowest BCUT2D eigenvalue weighted by atomic mass is 10.1. The second-order valence-electron chi connectivity index (χ2n) is 4.17. The molecule has 0 aliphatic carbocycles. The summed E-state index contributed by atoms with van der Waals surface area (Å²) in [5.74, 6) is -6.79. The van der Waals surface area contributed by atoms with Gasteiger partial charge in [0.25, 0.3) is 0 Å². The Labute approximate surface area is 114 Å². The molecule has 21 heavy (non-hydrogen) atoms. The van der Waals surface area contributed by atoms with Gasteiger partial charge in [-0.2, -0.15) is 18.2 Å². The van der Waals surface area contributed by atoms with Crippen LogP contribution in [0.15, 0.2) is 22.7 Å². The molecule has 1 unspecified atom stereocenters. The topological polar surface area (TPSA) is 56.0 Å². The summed E-state index contributed by atoms with van der Waals surface area (Å²) in [5, 5.41) is 3.35. The van der Waals surface area contributed by atoms with Crippen molar-refractivity contribution in [3.63, 3.8) is 0 Å². The average molecular weight is 306 g/mol. The molecular formula is C12H7F5N2O2. The molecule has 0 spiro atoms. The maximum absolute atomic E-state index is 13.1. The number of carbonyl (C=O) groups is 1. The zero-order valence-corrected chi connectivity index (χ0v) is 10.4. The second-order valence-corrected chi connectivity index (χ2v) is 4.17. The first-order valence-corrected chi connectivity index (χ1v) is 5.60. The van der Waals surface area contributed by atoms with Gasteiger partial charge in [-0.25, -0.2) is 8.78 Å². The lowest BCUT2D eigenvalue weighted by molar-refractivity contribution is -0.172. The number of aromatic nitrogens is 2. The number of hydrogen-bond donors (Lipinski definition) is 0. The number of alkyl halides is 3. The summed E-state index contributed by atoms with van der Waals surface area (Å²) >= 11 is 0. The zero-order valence-electron chi connectivity index (χ0n) is 10.4. The first-order valence-electron chi connectivity index (χ1n) is 5.60. The Morgan fingerprint density at radius 3 is 2.48 bits per heavy atom. The van der Waals surface area contributed by atoms with Crippen molar-refractivity contribution in [2.75, 3.05) is 0 Å². The summed E-state index contributed by atoms with van der Waals surface area (Å²) < 4.78 is 67.2. The van der Waals surface area contributed by atoms with Crippen LogP contribution < -0.4 is 0 Å². The molecule has 0 saturated heterocycles. The molecule has 1 heterocycles. The molecule has 9 heteroatoms. The van der Waals surface area contributed by atoms with Gasteiger partial charge < -0.3 is 4.52 Å². The average Bonchev–Trinajstić information content (AvgIpc) is 2.88. The van der Waals surface area contributed by atoms with E-state index in [2.05, 4.69) is 14.7 Å². The van der Waals surface area contributed by atoms with E-state index in [1.807, 2.05) is 0 Å². The van der Waals surface area contributed by atoms with Gasteiger partial charge in [0.2, 0.25) is 17.5 Å². The predicted octanol–water partition coefficient (Wildman–Crippen LogP) is 3.25. The molecule has 0 radical (unpaired) electrons. The lowest BCUT2D eigenvalue weighted by Crippen LogP contribution is -2.27. The summed E-state index contributed by atoms with van der Waals surface area (Å²) in [4.78, 5) is 14.6. The number of nitrogens with zero attached hydrogens (tertiary/aromatic N) is 2. The standard InChI is InChI=1S/C12H7F5N2O2/c1-5(9(20)12(15,16)17)11-18-10(19-21-11)6-2-3-7(13)8(14)4-6/h2-5H,1H3. The highest BCUT2D eigenvalue weighted by Gasteiger charge is 2.44. The van der Waals surface area contributed by atoms with E-state index >= 15 is 0 Å². The number of benzene rings is 1. The van der Waals surface area contributed by atoms with Gasteiger partial charge in [-0.1, -0.05) is 5.16 Å². The van der Waals surface area contributed by atoms with Gasteiger partial charge in [0, 0.05) is 5.56 Å². The molecular weight excluding hydrogens is 299 g/mol. The van der Waals surface area contributed by atoms with E-state index < -0.39 is 35.4 Å². The van der Waals surface area contributed by atoms with Gasteiger partial charge in [0.05, 0.1) is 0 Å². The van der Waals surface area contributed by atoms with Crippen LogP contribution in [0, 0.1) is 11.6 Å². The molecule has 0 bridgehead atoms. The number of halogens is 5. The van der Waals surface area contributed by atoms with Crippen LogP contribution in [0.5, 0.6) is 0 Å². The molecule has 1 aromatic carbocycles. The van der Waals surface area contributed by atoms with E-state index in [-0.39, 0.29) is 11.4 Å². The normalized spacial score (nSPS) is 13.2. The number of hydrogen-bond acceptors (Lipinski definition) is 4. The Morgan fingerprint density at radius 1 is 1.24 bits per heavy atom. The molecule has 0 aliphatic heterocycles. The van der Waals surface area contributed by atoms with Crippen molar-refractivity contribution in [1.82, 2.24) is 10.1 Å². The van der Waals surface area contributed by atoms with Crippen LogP contribution in [0.2, 0.25) is 0 Å². The van der Waals surface area contributed by atoms with E-state index in [1.165, 1.54) is 0 Å². The first kappa shape index (κ1) is 15.1. The van der Waals surface area contributed by atoms with E-state index in [0.717, 1.165) is 25.1 Å². The van der Waals surface area contributed by atoms with Crippen molar-refractivity contribution in [3.05, 3.63) is 35.7 Å². The first-order chi connectivity index (χ1) is 9.70. The molecule has 1 atom stereocenters. The number of carbonyl (C=O) groups excluding carboxylic acids is 1. The highest BCUT2D eigenvalue weighted by atomic mass is 19.4. The van der Waals surface area contributed by atoms with Gasteiger partial charge in [-0.05, 0) is 25.1 Å². The molecule has 0 amide bonds. The molecule has 0 fully saturated rings. The van der Waals surface area contributed by atoms with Gasteiger partial charge in [0.15, 0.2) is 11.6 Å². The van der Waals surface area contributed by atoms with Crippen LogP contribution in [0.3, 0.4) is 0 Å². The number of ketones is 1. The number of rotatable bonds is 3. The van der Waals surface area contributed by atoms with Gasteiger partial charge >= 0.3 is 6.18 Å². The second kappa shape index (κ2) is 5.23. The molecule has 4 nitrogen and oxygen atoms in total. The molecule has 2 rings (SSSR count). The summed E-state index contributed by atoms with van der Waals surface area (Å²) in [6.07, 6.45) is -5.03. The van der Waals surface area contributed by atoms with Crippen molar-refractivity contribution < 1.29 is 31.3 Å². The van der Waals surface area contributed by atoms with Crippen molar-refractivity contribution >= 4 is 5.78 Å². The van der Waals surface area contributed by atoms with E-state index in [1.54, 1.807) is 0 Å². The van der Waals surface area contributed by atoms with E-state index in [4.69, 9.17) is 0 Å². The Kier molecular flexibility index (Phi) is 3.75. The predicted molar refractivity (Wildman–Crippen MR) is 59.1 cm³/mol. The summed E-state index contributed by atoms with van der Waals surface area (Å²) in [6.45, 7) is 0.957. The minimum absolute atomic E-state index is 0.00978. The Morgan fingerprint density at radius 2 is 1.90 bits per heavy atom. The van der Waals surface area contributed by atoms with E-state index in [0.29, 0.717) is 0 Å². The van der Waals surface area contributed by atoms with Gasteiger partial charge in [0.1, 0.15) is 5.92 Å². The van der Waals surface area contributed by atoms with Crippen LogP contribution in [-0.4, -0.2) is 22.1 Å². The van der Waals surface area contributed by atoms with Crippen LogP contribution in [0.25, 0.3) is 11.4 Å². The smallest absolute Gasteiger partial charge is 0.338 e. The maximum atomic E-state index is 13.1. The molecule has 1 aromatic heterocycles. The summed E-state index contributed by atoms with van der Waals surface area (Å²) in [7, 11) is 0. The fourth-order valence-corrected chi connectivity index (χ4v) is 1.52. The third kappa shape index (κ3) is 3.06. The number of Topliss-reactive ketones (excluding diaryl/α,β-unsaturated/α-hetero) is 1. The highest BCUT2D eigenvalue weighted by molar-refractivity contribution is 5.89. The molecule has 0 N–H and O–H groups in total. The third-order valence-corrected chi connectivity index (χ3v) is 2.66. The Hall–Kier alpha value is -2.32. The zero-order chi connectivity index (χ0) is 15.8. The van der Waals surface area contributed by atoms with Crippen LogP contribution in [-0.2, 0) is 4.79 Å². The van der Waals surface area contributed by atoms with E-state index in [9.17, 15) is 26.7 Å². The van der Waals surface area contributed by atoms with Gasteiger partial charge in [-0.3, -0.25) is 4.79 Å². The maximum Gasteiger partial charge on any atom is 0.450 e. The third-order valence-electron chi connectivity index (χ3n) is 2.66. The van der Waals surface area contributed by atoms with Gasteiger partial charge in [-0.15, -0.1) is 0 Å². The largest absolute Gasteiger partial charge is 0.450 e. The quantitative estimate of drug-likeness (QED) is 0.817. The highest BCUT2D eigenvalue weighted by Crippen LogP contribution is 2.28. The molecule has 2 aromatic rings. The monoisotopic (exact) mass is 306 g/mol. The Balaban J connectivity index is 2.29. The Bertz CT molecular complexity index is 681. The SMILES string of the molecule is CC(C(=O)C(F)(F)F)c1nc(-c2ccc(F)c(F)c2)no1. The van der Waals surface area contributed by atoms with Crippen molar-refractivity contribution in [3.8, 4) is 11.4 Å². The molecule has 0 aliphatic rings. The van der Waals surface area contributed by atoms with Crippen LogP contribution in [0.4, 0.5) is 22.0 Å². The minimum atomic E-state index is -5.03. The molecule has 0 saturated carbocycles. The lowest BCUT2D eigenvalue weighted by Gasteiger charge is -2.08. The van der Waals surface area contributed by atoms with Crippen LogP contribution in [0.1, 0.15) is 18.7 Å². The fourth-order valence-electron chi connectivity index (χ4n) is 1.52. The minimum Gasteiger partial charge on any atom is -0.338 e. The summed E-state index contributed by atoms with van der Waals surface area (Å²) in [6, 6.07) is 2.70. The fraction of sp³-hybridized carbons (Fsp3) is 0.250. The van der Waals surface area contributed by atoms with Crippen molar-refractivity contribution in [2.24, 2.45) is 0 Å². The van der Waals surface area contributed by atoms with Crippen molar-refractivity contribution in [2.45, 2.75) is 19.0 Å². The molecule has 112 valence electrons. The summed E-state index contributed by atoms with van der Waals surface area (Å²) in [5.41, 5.74) is 0.00978. The van der Waals surface area contributed by atoms with Crippen molar-refractivity contribution in [1.29, 1.82) is 0 Å². The van der Waals surface area contributed by atoms with Crippen LogP contribution >= 0.6 is 0 Å².